The zero-order chi connectivity index (χ0) is 15.3. The highest BCUT2D eigenvalue weighted by molar-refractivity contribution is 5.93. The van der Waals surface area contributed by atoms with E-state index in [-0.39, 0.29) is 11.6 Å². The molecule has 1 aromatic carbocycles. The van der Waals surface area contributed by atoms with Crippen molar-refractivity contribution in [2.45, 2.75) is 39.7 Å². The zero-order valence-electron chi connectivity index (χ0n) is 11.9. The number of hydrogen-bond acceptors (Lipinski definition) is 4. The topological polar surface area (TPSA) is 92.5 Å². The number of benzene rings is 1. The van der Waals surface area contributed by atoms with Crippen LogP contribution in [0.1, 0.15) is 44.0 Å². The number of nitro groups is 1. The van der Waals surface area contributed by atoms with Crippen LogP contribution < -0.4 is 5.32 Å². The van der Waals surface area contributed by atoms with Gasteiger partial charge in [-0.25, -0.2) is 4.79 Å². The van der Waals surface area contributed by atoms with Crippen LogP contribution in [0.3, 0.4) is 0 Å². The average Bonchev–Trinajstić information content (AvgIpc) is 2.37. The molecule has 0 aliphatic carbocycles. The number of carboxylic acids is 1. The molecule has 0 bridgehead atoms. The number of rotatable bonds is 7. The summed E-state index contributed by atoms with van der Waals surface area (Å²) in [5, 5.41) is 23.0. The van der Waals surface area contributed by atoms with Crippen molar-refractivity contribution in [1.29, 1.82) is 0 Å². The molecule has 0 aliphatic heterocycles. The predicted molar refractivity (Wildman–Crippen MR) is 77.2 cm³/mol. The van der Waals surface area contributed by atoms with Gasteiger partial charge in [-0.15, -0.1) is 0 Å². The van der Waals surface area contributed by atoms with Gasteiger partial charge >= 0.3 is 5.97 Å². The van der Waals surface area contributed by atoms with Gasteiger partial charge in [0.25, 0.3) is 5.69 Å². The Hall–Kier alpha value is -2.11. The molecule has 0 aromatic heterocycles. The van der Waals surface area contributed by atoms with Gasteiger partial charge in [0.05, 0.1) is 4.92 Å². The van der Waals surface area contributed by atoms with Crippen LogP contribution in [0, 0.1) is 16.0 Å². The summed E-state index contributed by atoms with van der Waals surface area (Å²) < 4.78 is 0. The first kappa shape index (κ1) is 15.9. The van der Waals surface area contributed by atoms with Crippen molar-refractivity contribution in [2.24, 2.45) is 5.92 Å². The summed E-state index contributed by atoms with van der Waals surface area (Å²) in [4.78, 5) is 21.1. The van der Waals surface area contributed by atoms with Gasteiger partial charge in [-0.05, 0) is 31.4 Å². The van der Waals surface area contributed by atoms with Gasteiger partial charge in [0, 0.05) is 17.8 Å². The van der Waals surface area contributed by atoms with Crippen LogP contribution in [-0.4, -0.2) is 22.0 Å². The molecule has 2 unspecified atom stereocenters. The number of hydrogen-bond donors (Lipinski definition) is 2. The van der Waals surface area contributed by atoms with Gasteiger partial charge in [-0.1, -0.05) is 20.3 Å². The van der Waals surface area contributed by atoms with E-state index in [1.807, 2.05) is 6.92 Å². The molecule has 1 rings (SSSR count). The first-order valence-corrected chi connectivity index (χ1v) is 6.63. The molecule has 2 atom stereocenters. The van der Waals surface area contributed by atoms with Gasteiger partial charge in [0.15, 0.2) is 0 Å². The first-order chi connectivity index (χ1) is 9.35. The highest BCUT2D eigenvalue weighted by Gasteiger charge is 2.20. The molecule has 0 aliphatic rings. The highest BCUT2D eigenvalue weighted by atomic mass is 16.6. The Kier molecular flexibility index (Phi) is 5.49. The molecular weight excluding hydrogens is 260 g/mol. The van der Waals surface area contributed by atoms with Gasteiger partial charge in [-0.3, -0.25) is 10.1 Å². The van der Waals surface area contributed by atoms with Crippen molar-refractivity contribution in [3.8, 4) is 0 Å². The summed E-state index contributed by atoms with van der Waals surface area (Å²) in [6.07, 6.45) is 2.02. The smallest absolute Gasteiger partial charge is 0.342 e. The second kappa shape index (κ2) is 6.88. The molecule has 6 heteroatoms. The minimum atomic E-state index is -1.30. The molecule has 0 spiro atoms. The van der Waals surface area contributed by atoms with E-state index in [4.69, 9.17) is 5.11 Å². The third-order valence-corrected chi connectivity index (χ3v) is 3.29. The molecule has 0 heterocycles. The Bertz CT molecular complexity index is 502. The molecule has 0 amide bonds. The summed E-state index contributed by atoms with van der Waals surface area (Å²) in [5.41, 5.74) is -0.120. The van der Waals surface area contributed by atoms with Gasteiger partial charge in [-0.2, -0.15) is 0 Å². The van der Waals surface area contributed by atoms with Crippen molar-refractivity contribution in [1.82, 2.24) is 0 Å². The number of carbonyl (C=O) groups is 1. The molecule has 1 aromatic rings. The largest absolute Gasteiger partial charge is 0.477 e. The SMILES string of the molecule is CCC(C)CC(C)Nc1ccc(C(=O)O)c([N+](=O)[O-])c1. The highest BCUT2D eigenvalue weighted by Crippen LogP contribution is 2.24. The average molecular weight is 280 g/mol. The summed E-state index contributed by atoms with van der Waals surface area (Å²) in [5.74, 6) is -0.735. The third-order valence-electron chi connectivity index (χ3n) is 3.29. The van der Waals surface area contributed by atoms with E-state index < -0.39 is 16.6 Å². The van der Waals surface area contributed by atoms with Gasteiger partial charge in [0.2, 0.25) is 0 Å². The molecular formula is C14H20N2O4. The quantitative estimate of drug-likeness (QED) is 0.588. The Morgan fingerprint density at radius 2 is 2.10 bits per heavy atom. The normalized spacial score (nSPS) is 13.6. The molecule has 0 fully saturated rings. The lowest BCUT2D eigenvalue weighted by molar-refractivity contribution is -0.385. The second-order valence-electron chi connectivity index (χ2n) is 5.09. The fourth-order valence-electron chi connectivity index (χ4n) is 2.07. The van der Waals surface area contributed by atoms with Gasteiger partial charge < -0.3 is 10.4 Å². The fourth-order valence-corrected chi connectivity index (χ4v) is 2.07. The summed E-state index contributed by atoms with van der Waals surface area (Å²) in [6, 6.07) is 4.26. The maximum atomic E-state index is 10.9. The number of nitrogens with one attached hydrogen (secondary N) is 1. The lowest BCUT2D eigenvalue weighted by atomic mass is 10.00. The van der Waals surface area contributed by atoms with Crippen molar-refractivity contribution in [3.63, 3.8) is 0 Å². The van der Waals surface area contributed by atoms with E-state index in [9.17, 15) is 14.9 Å². The second-order valence-corrected chi connectivity index (χ2v) is 5.09. The lowest BCUT2D eigenvalue weighted by Crippen LogP contribution is -2.18. The van der Waals surface area contributed by atoms with Crippen LogP contribution >= 0.6 is 0 Å². The van der Waals surface area contributed by atoms with E-state index in [0.717, 1.165) is 12.8 Å². The molecule has 0 saturated heterocycles. The van der Waals surface area contributed by atoms with E-state index in [2.05, 4.69) is 19.2 Å². The Labute approximate surface area is 118 Å². The zero-order valence-corrected chi connectivity index (χ0v) is 11.9. The van der Waals surface area contributed by atoms with Crippen LogP contribution in [0.5, 0.6) is 0 Å². The lowest BCUT2D eigenvalue weighted by Gasteiger charge is -2.18. The standard InChI is InChI=1S/C14H20N2O4/c1-4-9(2)7-10(3)15-11-5-6-12(14(17)18)13(8-11)16(19)20/h5-6,8-10,15H,4,7H2,1-3H3,(H,17,18). The summed E-state index contributed by atoms with van der Waals surface area (Å²) in [6.45, 7) is 6.27. The maximum Gasteiger partial charge on any atom is 0.342 e. The Morgan fingerprint density at radius 1 is 1.45 bits per heavy atom. The number of anilines is 1. The van der Waals surface area contributed by atoms with Gasteiger partial charge in [0.1, 0.15) is 5.56 Å². The Morgan fingerprint density at radius 3 is 2.60 bits per heavy atom. The molecule has 0 saturated carbocycles. The van der Waals surface area contributed by atoms with Crippen LogP contribution in [-0.2, 0) is 0 Å². The molecule has 6 nitrogen and oxygen atoms in total. The van der Waals surface area contributed by atoms with Crippen molar-refractivity contribution < 1.29 is 14.8 Å². The molecule has 110 valence electrons. The maximum absolute atomic E-state index is 10.9. The number of nitro benzene ring substituents is 1. The number of nitrogens with zero attached hydrogens (tertiary/aromatic N) is 1. The van der Waals surface area contributed by atoms with Crippen LogP contribution in [0.2, 0.25) is 0 Å². The molecule has 2 N–H and O–H groups in total. The third kappa shape index (κ3) is 4.22. The summed E-state index contributed by atoms with van der Waals surface area (Å²) >= 11 is 0. The van der Waals surface area contributed by atoms with E-state index in [1.54, 1.807) is 6.07 Å². The minimum absolute atomic E-state index is 0.167. The predicted octanol–water partition coefficient (Wildman–Crippen LogP) is 3.53. The van der Waals surface area contributed by atoms with Crippen molar-refractivity contribution >= 4 is 17.3 Å². The fraction of sp³-hybridized carbons (Fsp3) is 0.500. The van der Waals surface area contributed by atoms with Crippen molar-refractivity contribution in [3.05, 3.63) is 33.9 Å². The summed E-state index contributed by atoms with van der Waals surface area (Å²) in [7, 11) is 0. The van der Waals surface area contributed by atoms with Crippen molar-refractivity contribution in [2.75, 3.05) is 5.32 Å². The molecule has 0 radical (unpaired) electrons. The first-order valence-electron chi connectivity index (χ1n) is 6.63. The molecule has 20 heavy (non-hydrogen) atoms. The minimum Gasteiger partial charge on any atom is -0.477 e. The van der Waals surface area contributed by atoms with E-state index >= 15 is 0 Å². The Balaban J connectivity index is 2.90. The monoisotopic (exact) mass is 280 g/mol. The number of carboxylic acid groups (broad SMARTS) is 1. The van der Waals surface area contributed by atoms with Crippen LogP contribution in [0.4, 0.5) is 11.4 Å². The van der Waals surface area contributed by atoms with Crippen LogP contribution in [0.15, 0.2) is 18.2 Å². The van der Waals surface area contributed by atoms with E-state index in [0.29, 0.717) is 11.6 Å². The number of aromatic carboxylic acids is 1. The van der Waals surface area contributed by atoms with E-state index in [1.165, 1.54) is 12.1 Å². The van der Waals surface area contributed by atoms with Crippen LogP contribution in [0.25, 0.3) is 0 Å².